The summed E-state index contributed by atoms with van der Waals surface area (Å²) in [5, 5.41) is 20.5. The number of carbonyl (C=O) groups is 2. The summed E-state index contributed by atoms with van der Waals surface area (Å²) in [5.74, 6) is -1.04. The molecule has 1 aliphatic rings. The Labute approximate surface area is 116 Å². The molecule has 1 fully saturated rings. The minimum atomic E-state index is -0.982. The first-order valence-corrected chi connectivity index (χ1v) is 6.33. The van der Waals surface area contributed by atoms with E-state index in [1.807, 2.05) is 13.0 Å². The summed E-state index contributed by atoms with van der Waals surface area (Å²) in [4.78, 5) is 24.7. The molecule has 0 bridgehead atoms. The van der Waals surface area contributed by atoms with Gasteiger partial charge in [0.1, 0.15) is 6.04 Å². The predicted octanol–water partition coefficient (Wildman–Crippen LogP) is 1.89. The lowest BCUT2D eigenvalue weighted by atomic mass is 10.0. The largest absolute Gasteiger partial charge is 0.480 e. The Bertz CT molecular complexity index is 562. The van der Waals surface area contributed by atoms with Gasteiger partial charge < -0.3 is 15.3 Å². The zero-order valence-corrected chi connectivity index (χ0v) is 11.0. The van der Waals surface area contributed by atoms with Gasteiger partial charge in [-0.3, -0.25) is 0 Å². The second-order valence-electron chi connectivity index (χ2n) is 4.86. The first kappa shape index (κ1) is 13.9. The van der Waals surface area contributed by atoms with Crippen LogP contribution in [0, 0.1) is 17.2 Å². The minimum absolute atomic E-state index is 0.0563. The number of nitrogens with zero attached hydrogens (tertiary/aromatic N) is 2. The third-order valence-electron chi connectivity index (χ3n) is 3.48. The van der Waals surface area contributed by atoms with Crippen LogP contribution in [-0.4, -0.2) is 34.6 Å². The van der Waals surface area contributed by atoms with Gasteiger partial charge in [0.2, 0.25) is 0 Å². The van der Waals surface area contributed by atoms with Gasteiger partial charge in [0.05, 0.1) is 11.6 Å². The van der Waals surface area contributed by atoms with Crippen LogP contribution in [0.25, 0.3) is 0 Å². The Kier molecular flexibility index (Phi) is 3.89. The number of hydrogen-bond acceptors (Lipinski definition) is 3. The number of urea groups is 1. The topological polar surface area (TPSA) is 93.4 Å². The summed E-state index contributed by atoms with van der Waals surface area (Å²) < 4.78 is 0. The first-order valence-electron chi connectivity index (χ1n) is 6.33. The van der Waals surface area contributed by atoms with Crippen LogP contribution in [0.15, 0.2) is 24.3 Å². The Balaban J connectivity index is 2.07. The molecule has 0 radical (unpaired) electrons. The zero-order chi connectivity index (χ0) is 14.7. The maximum absolute atomic E-state index is 12.1. The molecule has 0 aromatic heterocycles. The van der Waals surface area contributed by atoms with E-state index in [1.165, 1.54) is 4.90 Å². The zero-order valence-electron chi connectivity index (χ0n) is 11.0. The molecule has 0 saturated carbocycles. The smallest absolute Gasteiger partial charge is 0.326 e. The summed E-state index contributed by atoms with van der Waals surface area (Å²) in [7, 11) is 0. The molecule has 0 spiro atoms. The third kappa shape index (κ3) is 2.72. The maximum atomic E-state index is 12.1. The number of carboxylic acid groups (broad SMARTS) is 1. The molecule has 2 amide bonds. The van der Waals surface area contributed by atoms with Gasteiger partial charge in [-0.05, 0) is 36.6 Å². The van der Waals surface area contributed by atoms with Crippen molar-refractivity contribution in [2.24, 2.45) is 5.92 Å². The number of anilines is 1. The average Bonchev–Trinajstić information content (AvgIpc) is 2.81. The highest BCUT2D eigenvalue weighted by molar-refractivity contribution is 5.92. The van der Waals surface area contributed by atoms with Gasteiger partial charge >= 0.3 is 12.0 Å². The van der Waals surface area contributed by atoms with Crippen LogP contribution in [0.3, 0.4) is 0 Å². The lowest BCUT2D eigenvalue weighted by Gasteiger charge is -2.23. The van der Waals surface area contributed by atoms with E-state index in [2.05, 4.69) is 5.32 Å². The van der Waals surface area contributed by atoms with E-state index in [-0.39, 0.29) is 5.92 Å². The van der Waals surface area contributed by atoms with Gasteiger partial charge in [-0.25, -0.2) is 9.59 Å². The second kappa shape index (κ2) is 5.61. The van der Waals surface area contributed by atoms with Crippen molar-refractivity contribution in [3.8, 4) is 6.07 Å². The third-order valence-corrected chi connectivity index (χ3v) is 3.48. The van der Waals surface area contributed by atoms with E-state index in [0.717, 1.165) is 0 Å². The number of aliphatic carboxylic acids is 1. The van der Waals surface area contributed by atoms with Crippen LogP contribution >= 0.6 is 0 Å². The number of rotatable bonds is 2. The second-order valence-corrected chi connectivity index (χ2v) is 4.86. The van der Waals surface area contributed by atoms with E-state index in [9.17, 15) is 14.7 Å². The summed E-state index contributed by atoms with van der Waals surface area (Å²) >= 11 is 0. The van der Waals surface area contributed by atoms with Gasteiger partial charge in [0, 0.05) is 12.2 Å². The van der Waals surface area contributed by atoms with Gasteiger partial charge in [0.15, 0.2) is 0 Å². The van der Waals surface area contributed by atoms with Crippen LogP contribution in [-0.2, 0) is 4.79 Å². The van der Waals surface area contributed by atoms with Crippen LogP contribution in [0.5, 0.6) is 0 Å². The molecule has 2 unspecified atom stereocenters. The van der Waals surface area contributed by atoms with Gasteiger partial charge in [-0.1, -0.05) is 6.92 Å². The van der Waals surface area contributed by atoms with Crippen LogP contribution in [0.2, 0.25) is 0 Å². The van der Waals surface area contributed by atoms with E-state index in [0.29, 0.717) is 24.2 Å². The lowest BCUT2D eigenvalue weighted by Crippen LogP contribution is -2.44. The number of carboxylic acids is 1. The van der Waals surface area contributed by atoms with Gasteiger partial charge in [-0.15, -0.1) is 0 Å². The molecule has 1 aromatic rings. The molecule has 1 aromatic carbocycles. The normalized spacial score (nSPS) is 21.3. The first-order chi connectivity index (χ1) is 9.52. The molecule has 1 saturated heterocycles. The molecule has 1 aliphatic heterocycles. The van der Waals surface area contributed by atoms with Crippen molar-refractivity contribution in [1.29, 1.82) is 5.26 Å². The highest BCUT2D eigenvalue weighted by atomic mass is 16.4. The van der Waals surface area contributed by atoms with Crippen LogP contribution in [0.4, 0.5) is 10.5 Å². The molecule has 6 nitrogen and oxygen atoms in total. The van der Waals surface area contributed by atoms with Crippen molar-refractivity contribution in [2.45, 2.75) is 19.4 Å². The molecule has 2 rings (SSSR count). The monoisotopic (exact) mass is 273 g/mol. The Morgan fingerprint density at radius 2 is 2.05 bits per heavy atom. The number of hydrogen-bond donors (Lipinski definition) is 2. The number of likely N-dealkylation sites (tertiary alicyclic amines) is 1. The van der Waals surface area contributed by atoms with E-state index in [4.69, 9.17) is 5.26 Å². The predicted molar refractivity (Wildman–Crippen MR) is 72.1 cm³/mol. The highest BCUT2D eigenvalue weighted by Crippen LogP contribution is 2.25. The molecule has 0 aliphatic carbocycles. The highest BCUT2D eigenvalue weighted by Gasteiger charge is 2.39. The summed E-state index contributed by atoms with van der Waals surface area (Å²) in [6.45, 7) is 2.26. The standard InChI is InChI=1S/C14H15N3O3/c1-9-6-7-17(12(9)13(18)19)14(20)16-11-4-2-10(8-15)3-5-11/h2-5,9,12H,6-7H2,1H3,(H,16,20)(H,18,19). The molecular formula is C14H15N3O3. The van der Waals surface area contributed by atoms with E-state index >= 15 is 0 Å². The molecule has 20 heavy (non-hydrogen) atoms. The molecule has 2 N–H and O–H groups in total. The molecule has 6 heteroatoms. The van der Waals surface area contributed by atoms with Gasteiger partial charge in [0.25, 0.3) is 0 Å². The van der Waals surface area contributed by atoms with E-state index in [1.54, 1.807) is 24.3 Å². The average molecular weight is 273 g/mol. The fourth-order valence-electron chi connectivity index (χ4n) is 2.37. The van der Waals surface area contributed by atoms with Gasteiger partial charge in [-0.2, -0.15) is 5.26 Å². The fraction of sp³-hybridized carbons (Fsp3) is 0.357. The SMILES string of the molecule is CC1CCN(C(=O)Nc2ccc(C#N)cc2)C1C(=O)O. The van der Waals surface area contributed by atoms with E-state index < -0.39 is 18.0 Å². The molecule has 104 valence electrons. The van der Waals surface area contributed by atoms with Crippen molar-refractivity contribution in [3.63, 3.8) is 0 Å². The number of nitrogens with one attached hydrogen (secondary N) is 1. The minimum Gasteiger partial charge on any atom is -0.480 e. The molecular weight excluding hydrogens is 258 g/mol. The Morgan fingerprint density at radius 3 is 2.60 bits per heavy atom. The summed E-state index contributed by atoms with van der Waals surface area (Å²) in [6, 6.07) is 7.20. The maximum Gasteiger partial charge on any atom is 0.326 e. The number of amides is 2. The quantitative estimate of drug-likeness (QED) is 0.860. The number of nitriles is 1. The van der Waals surface area contributed by atoms with Crippen molar-refractivity contribution in [3.05, 3.63) is 29.8 Å². The lowest BCUT2D eigenvalue weighted by molar-refractivity contribution is -0.142. The van der Waals surface area contributed by atoms with Crippen molar-refractivity contribution in [2.75, 3.05) is 11.9 Å². The van der Waals surface area contributed by atoms with Crippen LogP contribution in [0.1, 0.15) is 18.9 Å². The number of benzene rings is 1. The van der Waals surface area contributed by atoms with Crippen molar-refractivity contribution in [1.82, 2.24) is 4.90 Å². The Hall–Kier alpha value is -2.55. The fourth-order valence-corrected chi connectivity index (χ4v) is 2.37. The van der Waals surface area contributed by atoms with Crippen LogP contribution < -0.4 is 5.32 Å². The number of carbonyl (C=O) groups excluding carboxylic acids is 1. The molecule has 1 heterocycles. The Morgan fingerprint density at radius 1 is 1.40 bits per heavy atom. The summed E-state index contributed by atoms with van der Waals surface area (Å²) in [5.41, 5.74) is 1.04. The summed E-state index contributed by atoms with van der Waals surface area (Å²) in [6.07, 6.45) is 0.678. The molecule has 2 atom stereocenters. The van der Waals surface area contributed by atoms with Crippen molar-refractivity contribution < 1.29 is 14.7 Å². The van der Waals surface area contributed by atoms with Crippen molar-refractivity contribution >= 4 is 17.7 Å².